The fraction of sp³-hybridized carbons (Fsp3) is 1.00. The van der Waals surface area contributed by atoms with E-state index in [-0.39, 0.29) is 5.44 Å². The Balaban J connectivity index is 3.98. The van der Waals surface area contributed by atoms with Crippen molar-refractivity contribution < 1.29 is 13.3 Å². The minimum absolute atomic E-state index is 0.271. The molecule has 0 aliphatic rings. The molecule has 0 fully saturated rings. The van der Waals surface area contributed by atoms with Gasteiger partial charge in [0.25, 0.3) is 0 Å². The van der Waals surface area contributed by atoms with Crippen LogP contribution in [0.1, 0.15) is 20.8 Å². The number of thiol groups is 1. The molecule has 74 valence electrons. The van der Waals surface area contributed by atoms with E-state index in [0.717, 1.165) is 0 Å². The molecule has 0 N–H and O–H groups in total. The van der Waals surface area contributed by atoms with Gasteiger partial charge >= 0.3 is 8.11 Å². The van der Waals surface area contributed by atoms with Crippen LogP contribution in [0.25, 0.3) is 0 Å². The maximum absolute atomic E-state index is 5.96. The predicted octanol–water partition coefficient (Wildman–Crippen LogP) is 2.03. The van der Waals surface area contributed by atoms with Crippen molar-refractivity contribution >= 4 is 31.8 Å². The summed E-state index contributed by atoms with van der Waals surface area (Å²) in [5.41, 5.74) is -0.271. The third-order valence-corrected chi connectivity index (χ3v) is 4.07. The van der Waals surface area contributed by atoms with E-state index in [1.807, 2.05) is 13.8 Å². The maximum Gasteiger partial charge on any atom is 0.614 e. The Morgan fingerprint density at radius 2 is 1.75 bits per heavy atom. The summed E-state index contributed by atoms with van der Waals surface area (Å²) >= 11 is 10.0. The lowest BCUT2D eigenvalue weighted by molar-refractivity contribution is 0.0858. The summed E-state index contributed by atoms with van der Waals surface area (Å²) in [6, 6.07) is 0. The third-order valence-electron chi connectivity index (χ3n) is 0.945. The van der Waals surface area contributed by atoms with Crippen LogP contribution in [-0.2, 0) is 13.3 Å². The molecule has 0 saturated carbocycles. The second-order valence-corrected chi connectivity index (χ2v) is 5.96. The van der Waals surface area contributed by atoms with Crippen LogP contribution in [0.5, 0.6) is 0 Å². The maximum atomic E-state index is 5.96. The average molecular weight is 231 g/mol. The molecule has 1 atom stereocenters. The molecule has 12 heavy (non-hydrogen) atoms. The molecule has 6 heteroatoms. The molecular formula is C6H15ClO3SSi. The first kappa shape index (κ1) is 12.7. The van der Waals surface area contributed by atoms with Gasteiger partial charge in [-0.05, 0) is 20.8 Å². The molecule has 0 amide bonds. The van der Waals surface area contributed by atoms with Crippen LogP contribution in [0.2, 0.25) is 0 Å². The van der Waals surface area contributed by atoms with E-state index >= 15 is 0 Å². The van der Waals surface area contributed by atoms with Crippen LogP contribution in [0.4, 0.5) is 0 Å². The van der Waals surface area contributed by atoms with Gasteiger partial charge in [-0.3, -0.25) is 0 Å². The lowest BCUT2D eigenvalue weighted by Gasteiger charge is -2.23. The molecule has 0 spiro atoms. The highest BCUT2D eigenvalue weighted by molar-refractivity contribution is 7.80. The molecule has 0 aliphatic carbocycles. The summed E-state index contributed by atoms with van der Waals surface area (Å²) in [5, 5.41) is 0. The number of rotatable bonds is 6. The van der Waals surface area contributed by atoms with Crippen molar-refractivity contribution in [2.45, 2.75) is 26.2 Å². The summed E-state index contributed by atoms with van der Waals surface area (Å²) in [6.07, 6.45) is 0. The molecule has 0 radical (unpaired) electrons. The van der Waals surface area contributed by atoms with Crippen molar-refractivity contribution in [3.05, 3.63) is 0 Å². The molecule has 0 rings (SSSR count). The zero-order valence-corrected chi connectivity index (χ0v) is 10.2. The smallest absolute Gasteiger partial charge is 0.362 e. The summed E-state index contributed by atoms with van der Waals surface area (Å²) in [4.78, 5) is 0. The van der Waals surface area contributed by atoms with Gasteiger partial charge in [-0.15, -0.1) is 12.6 Å². The van der Waals surface area contributed by atoms with E-state index in [1.165, 1.54) is 0 Å². The molecular weight excluding hydrogens is 216 g/mol. The molecule has 0 saturated heterocycles. The Kier molecular flexibility index (Phi) is 6.61. The van der Waals surface area contributed by atoms with Crippen LogP contribution in [0.3, 0.4) is 0 Å². The van der Waals surface area contributed by atoms with Crippen LogP contribution in [-0.4, -0.2) is 26.8 Å². The van der Waals surface area contributed by atoms with E-state index < -0.39 is 8.11 Å². The van der Waals surface area contributed by atoms with Crippen molar-refractivity contribution in [3.63, 3.8) is 0 Å². The second kappa shape index (κ2) is 6.23. The Bertz CT molecular complexity index is 119. The van der Waals surface area contributed by atoms with Crippen LogP contribution in [0.15, 0.2) is 0 Å². The number of hydrogen-bond donors (Lipinski definition) is 1. The van der Waals surface area contributed by atoms with Crippen molar-refractivity contribution in [1.82, 2.24) is 0 Å². The molecule has 0 bridgehead atoms. The summed E-state index contributed by atoms with van der Waals surface area (Å²) in [7, 11) is -2.92. The number of hydrogen-bond acceptors (Lipinski definition) is 4. The summed E-state index contributed by atoms with van der Waals surface area (Å²) < 4.78 is 15.6. The third kappa shape index (κ3) is 5.39. The zero-order chi connectivity index (χ0) is 9.61. The van der Waals surface area contributed by atoms with Gasteiger partial charge < -0.3 is 13.3 Å². The van der Waals surface area contributed by atoms with Crippen LogP contribution in [0, 0.1) is 0 Å². The van der Waals surface area contributed by atoms with Gasteiger partial charge in [0.1, 0.15) is 0 Å². The molecule has 3 nitrogen and oxygen atoms in total. The monoisotopic (exact) mass is 230 g/mol. The highest BCUT2D eigenvalue weighted by Gasteiger charge is 2.40. The first-order valence-electron chi connectivity index (χ1n) is 3.86. The van der Waals surface area contributed by atoms with Crippen LogP contribution >= 0.6 is 23.7 Å². The summed E-state index contributed by atoms with van der Waals surface area (Å²) in [5.74, 6) is 0. The fourth-order valence-corrected chi connectivity index (χ4v) is 3.63. The standard InChI is InChI=1S/C6H15ClO3SSi/c1-4-8-12(7,9-5-2)10-6(3)11/h6,11H,4-5H2,1-3H3. The van der Waals surface area contributed by atoms with E-state index in [0.29, 0.717) is 13.2 Å². The Morgan fingerprint density at radius 1 is 1.33 bits per heavy atom. The van der Waals surface area contributed by atoms with Crippen LogP contribution < -0.4 is 0 Å². The van der Waals surface area contributed by atoms with Gasteiger partial charge in [0.2, 0.25) is 0 Å². The normalized spacial score (nSPS) is 14.8. The minimum Gasteiger partial charge on any atom is -0.362 e. The Morgan fingerprint density at radius 3 is 2.00 bits per heavy atom. The van der Waals surface area contributed by atoms with E-state index in [4.69, 9.17) is 24.4 Å². The SMILES string of the molecule is CCO[Si](Cl)(OCC)OC(C)S. The molecule has 0 aromatic heterocycles. The van der Waals surface area contributed by atoms with Gasteiger partial charge in [0.15, 0.2) is 0 Å². The topological polar surface area (TPSA) is 27.7 Å². The largest absolute Gasteiger partial charge is 0.614 e. The van der Waals surface area contributed by atoms with Crippen molar-refractivity contribution in [3.8, 4) is 0 Å². The lowest BCUT2D eigenvalue weighted by atomic mass is 10.9. The minimum atomic E-state index is -2.92. The highest BCUT2D eigenvalue weighted by Crippen LogP contribution is 2.18. The van der Waals surface area contributed by atoms with E-state index in [1.54, 1.807) is 6.92 Å². The first-order chi connectivity index (χ1) is 5.54. The highest BCUT2D eigenvalue weighted by atomic mass is 35.6. The van der Waals surface area contributed by atoms with Crippen molar-refractivity contribution in [2.24, 2.45) is 0 Å². The fourth-order valence-electron chi connectivity index (χ4n) is 0.658. The lowest BCUT2D eigenvalue weighted by Crippen LogP contribution is -2.41. The van der Waals surface area contributed by atoms with Gasteiger partial charge in [-0.2, -0.15) is 0 Å². The molecule has 0 aromatic carbocycles. The van der Waals surface area contributed by atoms with Gasteiger partial charge in [-0.1, -0.05) is 11.1 Å². The van der Waals surface area contributed by atoms with Crippen molar-refractivity contribution in [2.75, 3.05) is 13.2 Å². The van der Waals surface area contributed by atoms with Gasteiger partial charge in [0.05, 0.1) is 5.44 Å². The van der Waals surface area contributed by atoms with Crippen molar-refractivity contribution in [1.29, 1.82) is 0 Å². The Hall–Kier alpha value is 0.737. The van der Waals surface area contributed by atoms with E-state index in [9.17, 15) is 0 Å². The number of halogens is 1. The van der Waals surface area contributed by atoms with Gasteiger partial charge in [-0.25, -0.2) is 0 Å². The second-order valence-electron chi connectivity index (χ2n) is 2.06. The quantitative estimate of drug-likeness (QED) is 0.328. The van der Waals surface area contributed by atoms with E-state index in [2.05, 4.69) is 12.6 Å². The zero-order valence-electron chi connectivity index (χ0n) is 7.54. The molecule has 0 heterocycles. The first-order valence-corrected chi connectivity index (χ1v) is 7.12. The summed E-state index contributed by atoms with van der Waals surface area (Å²) in [6.45, 7) is 6.42. The molecule has 0 aromatic rings. The van der Waals surface area contributed by atoms with Gasteiger partial charge in [0, 0.05) is 13.2 Å². The predicted molar refractivity (Wildman–Crippen MR) is 54.4 cm³/mol. The molecule has 1 unspecified atom stereocenters. The Labute approximate surface area is 84.8 Å². The molecule has 0 aliphatic heterocycles. The average Bonchev–Trinajstić information content (AvgIpc) is 1.85.